The number of carboxylic acids is 2. The maximum absolute atomic E-state index is 10.1. The van der Waals surface area contributed by atoms with Crippen LogP contribution in [0.4, 0.5) is 0 Å². The van der Waals surface area contributed by atoms with E-state index in [2.05, 4.69) is 4.31 Å². The first kappa shape index (κ1) is 20.3. The monoisotopic (exact) mass is 319 g/mol. The Balaban J connectivity index is 0. The first-order valence-electron chi connectivity index (χ1n) is 4.77. The minimum absolute atomic E-state index is 0.0517. The van der Waals surface area contributed by atoms with Crippen molar-refractivity contribution in [3.05, 3.63) is 0 Å². The summed E-state index contributed by atoms with van der Waals surface area (Å²) in [6.07, 6.45) is 0.103. The van der Waals surface area contributed by atoms with E-state index in [1.807, 2.05) is 0 Å². The van der Waals surface area contributed by atoms with Crippen LogP contribution in [0, 0.1) is 0 Å². The molecule has 10 nitrogen and oxygen atoms in total. The summed E-state index contributed by atoms with van der Waals surface area (Å²) in [6, 6.07) is 0. The third-order valence-electron chi connectivity index (χ3n) is 1.55. The van der Waals surface area contributed by atoms with Crippen molar-refractivity contribution in [2.24, 2.45) is 0 Å². The molecule has 0 saturated carbocycles. The molecule has 0 spiro atoms. The molecule has 0 rings (SSSR count). The SMILES string of the molecule is CN(CCC(=O)O)CCC(=O)O.O=[P+](O)O[P+](=O)O. The average molecular weight is 319 g/mol. The fraction of sp³-hybridized carbons (Fsp3) is 0.714. The molecule has 19 heavy (non-hydrogen) atoms. The van der Waals surface area contributed by atoms with Gasteiger partial charge in [0.05, 0.1) is 12.8 Å². The number of carboxylic acid groups (broad SMARTS) is 2. The van der Waals surface area contributed by atoms with Gasteiger partial charge < -0.3 is 15.1 Å². The molecule has 0 heterocycles. The van der Waals surface area contributed by atoms with Crippen molar-refractivity contribution >= 4 is 28.4 Å². The van der Waals surface area contributed by atoms with Crippen molar-refractivity contribution in [1.82, 2.24) is 4.90 Å². The summed E-state index contributed by atoms with van der Waals surface area (Å²) in [5.74, 6) is -1.73. The standard InChI is InChI=1S/C7H13NO4.O5P2/c1-8(4-2-6(9)10)5-3-7(11)12;1-6(2)5-7(3)4/h2-5H2,1H3,(H,9,10)(H,11,12);/p+2. The predicted octanol–water partition coefficient (Wildman–Crippen LogP) is 0.170. The Hall–Kier alpha value is -1.02. The second kappa shape index (κ2) is 12.0. The Morgan fingerprint density at radius 2 is 1.32 bits per heavy atom. The van der Waals surface area contributed by atoms with Gasteiger partial charge in [0.1, 0.15) is 0 Å². The highest BCUT2D eigenvalue weighted by molar-refractivity contribution is 7.46. The third-order valence-corrected chi connectivity index (χ3v) is 2.67. The fourth-order valence-corrected chi connectivity index (χ4v) is 1.22. The zero-order valence-electron chi connectivity index (χ0n) is 10.0. The van der Waals surface area contributed by atoms with Crippen LogP contribution in [0.15, 0.2) is 0 Å². The smallest absolute Gasteiger partial charge is 0.481 e. The molecular formula is C7H15NO9P2+2. The van der Waals surface area contributed by atoms with Gasteiger partial charge in [-0.1, -0.05) is 0 Å². The molecule has 0 amide bonds. The maximum atomic E-state index is 10.1. The Bertz CT molecular complexity index is 305. The summed E-state index contributed by atoms with van der Waals surface area (Å²) in [6.45, 7) is 0.783. The van der Waals surface area contributed by atoms with Gasteiger partial charge in [-0.3, -0.25) is 9.59 Å². The van der Waals surface area contributed by atoms with Gasteiger partial charge in [0, 0.05) is 22.2 Å². The van der Waals surface area contributed by atoms with E-state index in [1.165, 1.54) is 0 Å². The Morgan fingerprint density at radius 1 is 1.00 bits per heavy atom. The van der Waals surface area contributed by atoms with E-state index >= 15 is 0 Å². The lowest BCUT2D eigenvalue weighted by Crippen LogP contribution is -2.24. The first-order chi connectivity index (χ1) is 8.65. The van der Waals surface area contributed by atoms with Crippen LogP contribution < -0.4 is 0 Å². The molecule has 0 aliphatic rings. The zero-order chi connectivity index (χ0) is 15.4. The minimum atomic E-state index is -2.92. The lowest BCUT2D eigenvalue weighted by atomic mass is 10.3. The van der Waals surface area contributed by atoms with E-state index in [9.17, 15) is 18.7 Å². The summed E-state index contributed by atoms with van der Waals surface area (Å²) in [5.41, 5.74) is 0. The van der Waals surface area contributed by atoms with Crippen LogP contribution in [-0.4, -0.2) is 57.0 Å². The second-order valence-electron chi connectivity index (χ2n) is 3.15. The predicted molar refractivity (Wildman–Crippen MR) is 62.7 cm³/mol. The molecule has 0 fully saturated rings. The molecule has 0 aliphatic heterocycles. The molecule has 4 N–H and O–H groups in total. The molecule has 110 valence electrons. The van der Waals surface area contributed by atoms with Gasteiger partial charge in [-0.05, 0) is 7.05 Å². The van der Waals surface area contributed by atoms with Crippen molar-refractivity contribution in [2.75, 3.05) is 20.1 Å². The van der Waals surface area contributed by atoms with E-state index in [4.69, 9.17) is 20.0 Å². The van der Waals surface area contributed by atoms with E-state index in [0.717, 1.165) is 0 Å². The minimum Gasteiger partial charge on any atom is -0.481 e. The van der Waals surface area contributed by atoms with Crippen LogP contribution >= 0.6 is 16.5 Å². The second-order valence-corrected chi connectivity index (χ2v) is 4.75. The Kier molecular flexibility index (Phi) is 12.9. The molecule has 0 aromatic heterocycles. The van der Waals surface area contributed by atoms with Crippen molar-refractivity contribution in [1.29, 1.82) is 0 Å². The summed E-state index contributed by atoms with van der Waals surface area (Å²) >= 11 is 0. The topological polar surface area (TPSA) is 162 Å². The molecule has 0 saturated heterocycles. The number of hydrogen-bond donors (Lipinski definition) is 4. The average Bonchev–Trinajstić information content (AvgIpc) is 2.22. The first-order valence-corrected chi connectivity index (χ1v) is 7.03. The molecule has 0 aromatic carbocycles. The lowest BCUT2D eigenvalue weighted by Gasteiger charge is -2.12. The number of aliphatic carboxylic acids is 2. The van der Waals surface area contributed by atoms with Crippen LogP contribution in [0.1, 0.15) is 12.8 Å². The molecule has 12 heteroatoms. The van der Waals surface area contributed by atoms with E-state index in [0.29, 0.717) is 13.1 Å². The zero-order valence-corrected chi connectivity index (χ0v) is 11.8. The molecule has 0 bridgehead atoms. The van der Waals surface area contributed by atoms with Gasteiger partial charge in [-0.15, -0.1) is 9.79 Å². The number of carbonyl (C=O) groups is 2. The van der Waals surface area contributed by atoms with Gasteiger partial charge in [0.15, 0.2) is 4.31 Å². The van der Waals surface area contributed by atoms with Crippen molar-refractivity contribution in [3.63, 3.8) is 0 Å². The highest BCUT2D eigenvalue weighted by Gasteiger charge is 2.31. The van der Waals surface area contributed by atoms with Crippen LogP contribution in [0.2, 0.25) is 0 Å². The summed E-state index contributed by atoms with van der Waals surface area (Å²) in [7, 11) is -4.15. The van der Waals surface area contributed by atoms with E-state index < -0.39 is 28.4 Å². The number of rotatable bonds is 8. The van der Waals surface area contributed by atoms with Gasteiger partial charge in [0.2, 0.25) is 0 Å². The number of nitrogens with zero attached hydrogens (tertiary/aromatic N) is 1. The quantitative estimate of drug-likeness (QED) is 0.453. The highest BCUT2D eigenvalue weighted by atomic mass is 31.2. The molecular weight excluding hydrogens is 304 g/mol. The normalized spacial score (nSPS) is 11.4. The van der Waals surface area contributed by atoms with Crippen LogP contribution in [0.25, 0.3) is 0 Å². The molecule has 0 aliphatic carbocycles. The van der Waals surface area contributed by atoms with Gasteiger partial charge in [0.25, 0.3) is 0 Å². The van der Waals surface area contributed by atoms with Crippen LogP contribution in [-0.2, 0) is 23.0 Å². The third kappa shape index (κ3) is 22.6. The largest absolute Gasteiger partial charge is 0.745 e. The van der Waals surface area contributed by atoms with Crippen molar-refractivity contribution < 1.29 is 43.0 Å². The fourth-order valence-electron chi connectivity index (χ4n) is 0.745. The Labute approximate surface area is 110 Å². The van der Waals surface area contributed by atoms with Crippen molar-refractivity contribution in [2.45, 2.75) is 12.8 Å². The van der Waals surface area contributed by atoms with Gasteiger partial charge in [-0.2, -0.15) is 0 Å². The molecule has 0 radical (unpaired) electrons. The van der Waals surface area contributed by atoms with Crippen LogP contribution in [0.3, 0.4) is 0 Å². The van der Waals surface area contributed by atoms with E-state index in [-0.39, 0.29) is 12.8 Å². The molecule has 2 atom stereocenters. The number of hydrogen-bond acceptors (Lipinski definition) is 6. The van der Waals surface area contributed by atoms with Crippen molar-refractivity contribution in [3.8, 4) is 0 Å². The Morgan fingerprint density at radius 3 is 1.47 bits per heavy atom. The summed E-state index contributed by atoms with van der Waals surface area (Å²) in [5, 5.41) is 16.6. The summed E-state index contributed by atoms with van der Waals surface area (Å²) in [4.78, 5) is 37.2. The van der Waals surface area contributed by atoms with Gasteiger partial charge in [-0.25, -0.2) is 0 Å². The molecule has 2 unspecified atom stereocenters. The lowest BCUT2D eigenvalue weighted by molar-refractivity contribution is -0.137. The van der Waals surface area contributed by atoms with Crippen LogP contribution in [0.5, 0.6) is 0 Å². The maximum Gasteiger partial charge on any atom is 0.745 e. The van der Waals surface area contributed by atoms with Gasteiger partial charge >= 0.3 is 28.4 Å². The highest BCUT2D eigenvalue weighted by Crippen LogP contribution is 2.30. The summed E-state index contributed by atoms with van der Waals surface area (Å²) < 4.78 is 22.2. The van der Waals surface area contributed by atoms with E-state index in [1.54, 1.807) is 11.9 Å². The molecule has 0 aromatic rings.